The van der Waals surface area contributed by atoms with Crippen molar-refractivity contribution in [1.82, 2.24) is 30.3 Å². The number of hydrogen-bond acceptors (Lipinski definition) is 6. The molecule has 1 aliphatic heterocycles. The molecule has 3 N–H and O–H groups in total. The van der Waals surface area contributed by atoms with Crippen LogP contribution < -0.4 is 15.4 Å². The lowest BCUT2D eigenvalue weighted by atomic mass is 10.1. The summed E-state index contributed by atoms with van der Waals surface area (Å²) >= 11 is 0. The van der Waals surface area contributed by atoms with E-state index in [-0.39, 0.29) is 41.5 Å². The van der Waals surface area contributed by atoms with Gasteiger partial charge in [-0.25, -0.2) is 17.8 Å². The first-order chi connectivity index (χ1) is 13.0. The Labute approximate surface area is 170 Å². The molecule has 2 aromatic rings. The van der Waals surface area contributed by atoms with Gasteiger partial charge in [0.2, 0.25) is 10.0 Å². The molecule has 9 nitrogen and oxygen atoms in total. The highest BCUT2D eigenvalue weighted by Gasteiger charge is 2.18. The van der Waals surface area contributed by atoms with Crippen molar-refractivity contribution in [2.45, 2.75) is 37.2 Å². The second-order valence-electron chi connectivity index (χ2n) is 6.39. The van der Waals surface area contributed by atoms with Crippen LogP contribution in [0.4, 0.5) is 0 Å². The molecule has 0 atom stereocenters. The Bertz CT molecular complexity index is 879. The zero-order chi connectivity index (χ0) is 19.3. The molecule has 1 aromatic carbocycles. The topological polar surface area (TPSA) is 118 Å². The average Bonchev–Trinajstić information content (AvgIpc) is 3.17. The van der Waals surface area contributed by atoms with Crippen molar-refractivity contribution in [3.63, 3.8) is 0 Å². The summed E-state index contributed by atoms with van der Waals surface area (Å²) in [6.07, 6.45) is 3.61. The Kier molecular flexibility index (Phi) is 7.93. The van der Waals surface area contributed by atoms with E-state index in [1.54, 1.807) is 29.9 Å². The van der Waals surface area contributed by atoms with Crippen LogP contribution in [0, 0.1) is 0 Å². The molecule has 11 heteroatoms. The van der Waals surface area contributed by atoms with E-state index >= 15 is 0 Å². The number of benzene rings is 1. The molecular formula is C17H25ClN6O3S. The minimum Gasteiger partial charge on any atom is -0.347 e. The van der Waals surface area contributed by atoms with Crippen LogP contribution in [0.25, 0.3) is 0 Å². The van der Waals surface area contributed by atoms with Gasteiger partial charge in [0.05, 0.1) is 17.1 Å². The molecule has 0 saturated carbocycles. The minimum absolute atomic E-state index is 0. The second kappa shape index (κ2) is 9.97. The van der Waals surface area contributed by atoms with Gasteiger partial charge < -0.3 is 10.6 Å². The smallest absolute Gasteiger partial charge is 0.273 e. The van der Waals surface area contributed by atoms with Gasteiger partial charge >= 0.3 is 0 Å². The van der Waals surface area contributed by atoms with Gasteiger partial charge in [-0.1, -0.05) is 24.3 Å². The Morgan fingerprint density at radius 2 is 1.93 bits per heavy atom. The zero-order valence-corrected chi connectivity index (χ0v) is 17.2. The Balaban J connectivity index is 0.00000280. The van der Waals surface area contributed by atoms with Crippen molar-refractivity contribution in [3.8, 4) is 0 Å². The molecule has 28 heavy (non-hydrogen) atoms. The SMILES string of the molecule is CCNS(=O)(=O)c1ccc(CNC(=O)c2cn(C3CCNCC3)nn2)cc1.Cl. The standard InChI is InChI=1S/C17H24N6O3S.ClH/c1-2-20-27(25,26)15-5-3-13(4-6-15)11-19-17(24)16-12-23(22-21-16)14-7-9-18-10-8-14;/h3-6,12,14,18,20H,2,7-11H2,1H3,(H,19,24);1H. The van der Waals surface area contributed by atoms with Gasteiger partial charge in [-0.15, -0.1) is 17.5 Å². The lowest BCUT2D eigenvalue weighted by Gasteiger charge is -2.22. The molecule has 1 aromatic heterocycles. The molecule has 0 bridgehead atoms. The largest absolute Gasteiger partial charge is 0.347 e. The number of nitrogens with one attached hydrogen (secondary N) is 3. The van der Waals surface area contributed by atoms with Crippen molar-refractivity contribution >= 4 is 28.3 Å². The molecular weight excluding hydrogens is 404 g/mol. The predicted molar refractivity (Wildman–Crippen MR) is 107 cm³/mol. The molecule has 1 aliphatic rings. The van der Waals surface area contributed by atoms with Crippen LogP contribution in [0.2, 0.25) is 0 Å². The van der Waals surface area contributed by atoms with E-state index in [1.165, 1.54) is 12.1 Å². The molecule has 154 valence electrons. The number of rotatable bonds is 7. The maximum absolute atomic E-state index is 12.3. The van der Waals surface area contributed by atoms with Gasteiger partial charge in [-0.2, -0.15) is 0 Å². The molecule has 0 aliphatic carbocycles. The summed E-state index contributed by atoms with van der Waals surface area (Å²) in [4.78, 5) is 12.5. The van der Waals surface area contributed by atoms with E-state index < -0.39 is 10.0 Å². The van der Waals surface area contributed by atoms with Gasteiger partial charge in [0.1, 0.15) is 0 Å². The first-order valence-corrected chi connectivity index (χ1v) is 10.5. The summed E-state index contributed by atoms with van der Waals surface area (Å²) in [5.74, 6) is -0.306. The molecule has 1 saturated heterocycles. The first-order valence-electron chi connectivity index (χ1n) is 8.99. The third kappa shape index (κ3) is 5.51. The fourth-order valence-corrected chi connectivity index (χ4v) is 4.00. The molecule has 0 radical (unpaired) electrons. The highest BCUT2D eigenvalue weighted by Crippen LogP contribution is 2.17. The summed E-state index contributed by atoms with van der Waals surface area (Å²) in [5, 5.41) is 14.1. The first kappa shape index (κ1) is 22.3. The molecule has 1 fully saturated rings. The van der Waals surface area contributed by atoms with Gasteiger partial charge in [-0.05, 0) is 43.6 Å². The number of nitrogens with zero attached hydrogens (tertiary/aromatic N) is 3. The van der Waals surface area contributed by atoms with Crippen molar-refractivity contribution in [3.05, 3.63) is 41.7 Å². The number of carbonyl (C=O) groups is 1. The number of hydrogen-bond donors (Lipinski definition) is 3. The number of amides is 1. The summed E-state index contributed by atoms with van der Waals surface area (Å²) < 4.78 is 28.0. The van der Waals surface area contributed by atoms with E-state index in [9.17, 15) is 13.2 Å². The molecule has 2 heterocycles. The highest BCUT2D eigenvalue weighted by molar-refractivity contribution is 7.89. The molecule has 3 rings (SSSR count). The molecule has 0 unspecified atom stereocenters. The monoisotopic (exact) mass is 428 g/mol. The number of sulfonamides is 1. The van der Waals surface area contributed by atoms with E-state index in [1.807, 2.05) is 0 Å². The van der Waals surface area contributed by atoms with Gasteiger partial charge in [0.15, 0.2) is 5.69 Å². The van der Waals surface area contributed by atoms with Crippen LogP contribution in [-0.2, 0) is 16.6 Å². The van der Waals surface area contributed by atoms with Gasteiger partial charge in [0, 0.05) is 13.1 Å². The Morgan fingerprint density at radius 3 is 2.57 bits per heavy atom. The Morgan fingerprint density at radius 1 is 1.25 bits per heavy atom. The van der Waals surface area contributed by atoms with E-state index in [4.69, 9.17) is 0 Å². The predicted octanol–water partition coefficient (Wildman–Crippen LogP) is 0.853. The maximum atomic E-state index is 12.3. The lowest BCUT2D eigenvalue weighted by Crippen LogP contribution is -2.29. The number of piperidine rings is 1. The zero-order valence-electron chi connectivity index (χ0n) is 15.6. The molecule has 0 spiro atoms. The summed E-state index contributed by atoms with van der Waals surface area (Å²) in [6.45, 7) is 4.21. The summed E-state index contributed by atoms with van der Waals surface area (Å²) in [5.41, 5.74) is 1.07. The van der Waals surface area contributed by atoms with Crippen LogP contribution in [0.1, 0.15) is 41.9 Å². The van der Waals surface area contributed by atoms with Crippen molar-refractivity contribution in [1.29, 1.82) is 0 Å². The van der Waals surface area contributed by atoms with Crippen molar-refractivity contribution in [2.24, 2.45) is 0 Å². The van der Waals surface area contributed by atoms with Crippen LogP contribution in [0.5, 0.6) is 0 Å². The number of aromatic nitrogens is 3. The van der Waals surface area contributed by atoms with Crippen molar-refractivity contribution in [2.75, 3.05) is 19.6 Å². The quantitative estimate of drug-likeness (QED) is 0.601. The van der Waals surface area contributed by atoms with Crippen LogP contribution >= 0.6 is 12.4 Å². The normalized spacial score (nSPS) is 15.0. The van der Waals surface area contributed by atoms with Crippen molar-refractivity contribution < 1.29 is 13.2 Å². The maximum Gasteiger partial charge on any atom is 0.273 e. The van der Waals surface area contributed by atoms with E-state index in [0.29, 0.717) is 6.54 Å². The summed E-state index contributed by atoms with van der Waals surface area (Å²) in [6, 6.07) is 6.67. The lowest BCUT2D eigenvalue weighted by molar-refractivity contribution is 0.0945. The summed E-state index contributed by atoms with van der Waals surface area (Å²) in [7, 11) is -3.47. The minimum atomic E-state index is -3.47. The van der Waals surface area contributed by atoms with Gasteiger partial charge in [-0.3, -0.25) is 4.79 Å². The fraction of sp³-hybridized carbons (Fsp3) is 0.471. The Hall–Kier alpha value is -2.01. The third-order valence-electron chi connectivity index (χ3n) is 4.45. The average molecular weight is 429 g/mol. The van der Waals surface area contributed by atoms with Crippen LogP contribution in [0.3, 0.4) is 0 Å². The van der Waals surface area contributed by atoms with Gasteiger partial charge in [0.25, 0.3) is 5.91 Å². The number of carbonyl (C=O) groups excluding carboxylic acids is 1. The van der Waals surface area contributed by atoms with Crippen LogP contribution in [0.15, 0.2) is 35.4 Å². The molecule has 1 amide bonds. The second-order valence-corrected chi connectivity index (χ2v) is 8.16. The number of halogens is 1. The fourth-order valence-electron chi connectivity index (χ4n) is 2.96. The third-order valence-corrected chi connectivity index (χ3v) is 6.01. The highest BCUT2D eigenvalue weighted by atomic mass is 35.5. The van der Waals surface area contributed by atoms with E-state index in [2.05, 4.69) is 25.7 Å². The van der Waals surface area contributed by atoms with Crippen LogP contribution in [-0.4, -0.2) is 49.0 Å². The van der Waals surface area contributed by atoms with E-state index in [0.717, 1.165) is 31.5 Å².